The van der Waals surface area contributed by atoms with Gasteiger partial charge in [0, 0.05) is 42.8 Å². The van der Waals surface area contributed by atoms with Crippen LogP contribution in [0.4, 0.5) is 0 Å². The summed E-state index contributed by atoms with van der Waals surface area (Å²) in [6, 6.07) is 23.0. The first kappa shape index (κ1) is 24.6. The second-order valence-corrected chi connectivity index (χ2v) is 9.88. The summed E-state index contributed by atoms with van der Waals surface area (Å²) in [4.78, 5) is 8.08. The lowest BCUT2D eigenvalue weighted by Crippen LogP contribution is -1.97. The Kier molecular flexibility index (Phi) is 8.49. The van der Waals surface area contributed by atoms with Gasteiger partial charge in [-0.1, -0.05) is 42.5 Å². The van der Waals surface area contributed by atoms with Crippen molar-refractivity contribution in [3.63, 3.8) is 0 Å². The highest BCUT2D eigenvalue weighted by molar-refractivity contribution is 7.90. The van der Waals surface area contributed by atoms with E-state index in [2.05, 4.69) is 18.8 Å². The van der Waals surface area contributed by atoms with Crippen molar-refractivity contribution in [3.05, 3.63) is 121 Å². The van der Waals surface area contributed by atoms with E-state index in [1.807, 2.05) is 0 Å². The van der Waals surface area contributed by atoms with Gasteiger partial charge in [-0.05, 0) is 48.0 Å². The zero-order chi connectivity index (χ0) is 24.3. The lowest BCUT2D eigenvalue weighted by molar-refractivity contribution is 0.596. The molecule has 0 aliphatic heterocycles. The lowest BCUT2D eigenvalue weighted by Gasteiger charge is -1.97. The predicted molar refractivity (Wildman–Crippen MR) is 131 cm³/mol. The molecule has 4 aromatic rings. The molecule has 8 nitrogen and oxygen atoms in total. The highest BCUT2D eigenvalue weighted by Crippen LogP contribution is 2.12. The fourth-order valence-electron chi connectivity index (χ4n) is 2.47. The molecule has 0 fully saturated rings. The molecule has 172 valence electrons. The maximum absolute atomic E-state index is 11.8. The lowest BCUT2D eigenvalue weighted by atomic mass is 10.3. The summed E-state index contributed by atoms with van der Waals surface area (Å²) in [5.74, 6) is 0. The van der Waals surface area contributed by atoms with Crippen molar-refractivity contribution in [2.75, 3.05) is 0 Å². The number of hydrogen-bond acceptors (Lipinski definition) is 6. The topological polar surface area (TPSA) is 119 Å². The zero-order valence-corrected chi connectivity index (χ0v) is 19.4. The Labute approximate surface area is 198 Å². The van der Waals surface area contributed by atoms with Crippen molar-refractivity contribution in [2.45, 2.75) is 9.79 Å². The van der Waals surface area contributed by atoms with Crippen LogP contribution in [0.1, 0.15) is 11.1 Å². The summed E-state index contributed by atoms with van der Waals surface area (Å²) in [6.07, 6.45) is 8.92. The van der Waals surface area contributed by atoms with Crippen LogP contribution in [-0.4, -0.2) is 39.2 Å². The third-order valence-electron chi connectivity index (χ3n) is 4.15. The molecule has 0 unspecified atom stereocenters. The van der Waals surface area contributed by atoms with E-state index in [4.69, 9.17) is 0 Å². The van der Waals surface area contributed by atoms with Crippen LogP contribution in [0.2, 0.25) is 0 Å². The van der Waals surface area contributed by atoms with Crippen LogP contribution in [0.3, 0.4) is 0 Å². The first-order valence-corrected chi connectivity index (χ1v) is 12.8. The molecule has 0 saturated carbocycles. The van der Waals surface area contributed by atoms with Gasteiger partial charge >= 0.3 is 0 Å². The maximum Gasteiger partial charge on any atom is 0.282 e. The second kappa shape index (κ2) is 11.7. The first-order chi connectivity index (χ1) is 16.4. The van der Waals surface area contributed by atoms with Gasteiger partial charge in [0.05, 0.1) is 9.79 Å². The molecule has 0 radical (unpaired) electrons. The fourth-order valence-corrected chi connectivity index (χ4v) is 4.24. The maximum atomic E-state index is 11.8. The number of rotatable bonds is 6. The predicted octanol–water partition coefficient (Wildman–Crippen LogP) is 3.78. The molecular weight excluding hydrogens is 472 g/mol. The van der Waals surface area contributed by atoms with Gasteiger partial charge in [-0.3, -0.25) is 9.97 Å². The molecule has 4 rings (SSSR count). The first-order valence-electron chi connectivity index (χ1n) is 9.88. The minimum Gasteiger partial charge on any atom is -0.265 e. The van der Waals surface area contributed by atoms with E-state index in [9.17, 15) is 16.8 Å². The number of sulfonamides is 2. The van der Waals surface area contributed by atoms with Gasteiger partial charge in [0.15, 0.2) is 0 Å². The molecule has 10 heteroatoms. The minimum atomic E-state index is -3.62. The number of benzene rings is 2. The van der Waals surface area contributed by atoms with Crippen LogP contribution >= 0.6 is 0 Å². The summed E-state index contributed by atoms with van der Waals surface area (Å²) in [5, 5.41) is 0. The van der Waals surface area contributed by atoms with Gasteiger partial charge in [-0.15, -0.1) is 0 Å². The van der Waals surface area contributed by atoms with E-state index >= 15 is 0 Å². The molecule has 0 saturated heterocycles. The van der Waals surface area contributed by atoms with Crippen molar-refractivity contribution in [3.8, 4) is 0 Å². The van der Waals surface area contributed by atoms with Crippen LogP contribution in [0.5, 0.6) is 0 Å². The van der Waals surface area contributed by atoms with E-state index < -0.39 is 20.0 Å². The number of nitrogens with zero attached hydrogens (tertiary/aromatic N) is 4. The summed E-state index contributed by atoms with van der Waals surface area (Å²) in [7, 11) is -7.23. The SMILES string of the molecule is O=S(=O)(/N=C/c1cccnc1)c1ccccc1.O=S(=O)(/N=C/c1ccncc1)c1ccccc1. The molecule has 0 amide bonds. The summed E-state index contributed by atoms with van der Waals surface area (Å²) in [5.41, 5.74) is 1.34. The molecule has 0 aliphatic rings. The van der Waals surface area contributed by atoms with Crippen LogP contribution in [0.25, 0.3) is 0 Å². The van der Waals surface area contributed by atoms with Crippen LogP contribution in [0, 0.1) is 0 Å². The standard InChI is InChI=1S/2C12H10N2O2S/c15-17(16,12-6-2-1-3-7-12)14-10-11-5-4-8-13-9-11;15-17(16,12-4-2-1-3-5-12)14-10-11-6-8-13-9-7-11/h2*1-10H/b2*14-10+. The Bertz CT molecular complexity index is 1330. The molecule has 0 N–H and O–H groups in total. The molecule has 0 bridgehead atoms. The van der Waals surface area contributed by atoms with E-state index in [0.29, 0.717) is 11.1 Å². The Morgan fingerprint density at radius 2 is 1.03 bits per heavy atom. The van der Waals surface area contributed by atoms with Crippen molar-refractivity contribution < 1.29 is 16.8 Å². The van der Waals surface area contributed by atoms with Gasteiger partial charge in [-0.25, -0.2) is 0 Å². The zero-order valence-electron chi connectivity index (χ0n) is 17.8. The van der Waals surface area contributed by atoms with Crippen LogP contribution in [-0.2, 0) is 20.0 Å². The number of aromatic nitrogens is 2. The third kappa shape index (κ3) is 7.54. The monoisotopic (exact) mass is 492 g/mol. The highest BCUT2D eigenvalue weighted by Gasteiger charge is 2.10. The molecule has 2 heterocycles. The Hall–Kier alpha value is -4.02. The molecular formula is C24H20N4O4S2. The highest BCUT2D eigenvalue weighted by atomic mass is 32.2. The van der Waals surface area contributed by atoms with E-state index in [1.54, 1.807) is 85.5 Å². The molecule has 0 atom stereocenters. The summed E-state index contributed by atoms with van der Waals surface area (Å²) >= 11 is 0. The van der Waals surface area contributed by atoms with Gasteiger partial charge < -0.3 is 0 Å². The average molecular weight is 493 g/mol. The Morgan fingerprint density at radius 3 is 1.50 bits per heavy atom. The molecule has 34 heavy (non-hydrogen) atoms. The smallest absolute Gasteiger partial charge is 0.265 e. The van der Waals surface area contributed by atoms with Crippen molar-refractivity contribution in [1.29, 1.82) is 0 Å². The summed E-state index contributed by atoms with van der Waals surface area (Å²) in [6.45, 7) is 0. The molecule has 0 spiro atoms. The summed E-state index contributed by atoms with van der Waals surface area (Å²) < 4.78 is 54.4. The molecule has 0 aliphatic carbocycles. The normalized spacial score (nSPS) is 11.8. The van der Waals surface area contributed by atoms with Gasteiger partial charge in [0.1, 0.15) is 0 Å². The van der Waals surface area contributed by atoms with Crippen molar-refractivity contribution in [1.82, 2.24) is 9.97 Å². The van der Waals surface area contributed by atoms with Crippen molar-refractivity contribution in [2.24, 2.45) is 8.80 Å². The van der Waals surface area contributed by atoms with Crippen molar-refractivity contribution >= 4 is 32.5 Å². The Balaban J connectivity index is 0.000000191. The third-order valence-corrected chi connectivity index (χ3v) is 6.66. The average Bonchev–Trinajstić information content (AvgIpc) is 2.89. The minimum absolute atomic E-state index is 0.181. The quantitative estimate of drug-likeness (QED) is 0.378. The number of pyridine rings is 2. The van der Waals surface area contributed by atoms with Gasteiger partial charge in [0.2, 0.25) is 0 Å². The van der Waals surface area contributed by atoms with Crippen LogP contribution < -0.4 is 0 Å². The Morgan fingerprint density at radius 1 is 0.529 bits per heavy atom. The van der Waals surface area contributed by atoms with E-state index in [-0.39, 0.29) is 9.79 Å². The fraction of sp³-hybridized carbons (Fsp3) is 0. The van der Waals surface area contributed by atoms with Gasteiger partial charge in [-0.2, -0.15) is 25.6 Å². The van der Waals surface area contributed by atoms with E-state index in [1.165, 1.54) is 36.7 Å². The molecule has 2 aromatic heterocycles. The van der Waals surface area contributed by atoms with Crippen LogP contribution in [0.15, 0.2) is 128 Å². The van der Waals surface area contributed by atoms with E-state index in [0.717, 1.165) is 0 Å². The second-order valence-electron chi connectivity index (χ2n) is 6.61. The van der Waals surface area contributed by atoms with Gasteiger partial charge in [0.25, 0.3) is 20.0 Å². The number of hydrogen-bond donors (Lipinski definition) is 0. The largest absolute Gasteiger partial charge is 0.282 e. The molecule has 2 aromatic carbocycles.